The molecule has 0 fully saturated rings. The Kier molecular flexibility index (Phi) is 6.34. The second-order valence-corrected chi connectivity index (χ2v) is 9.82. The van der Waals surface area contributed by atoms with Crippen LogP contribution in [0.15, 0.2) is 51.9 Å². The molecule has 0 saturated heterocycles. The van der Waals surface area contributed by atoms with Crippen molar-refractivity contribution in [2.24, 2.45) is 5.73 Å². The zero-order chi connectivity index (χ0) is 26.5. The van der Waals surface area contributed by atoms with E-state index in [1.165, 1.54) is 0 Å². The first-order valence-electron chi connectivity index (χ1n) is 10.1. The Hall–Kier alpha value is -3.43. The van der Waals surface area contributed by atoms with Crippen LogP contribution in [-0.2, 0) is 31.8 Å². The number of nitrogens with two attached hydrogens (primary N) is 1. The Balaban J connectivity index is 1.89. The highest BCUT2D eigenvalue weighted by atomic mass is 32.2. The van der Waals surface area contributed by atoms with Crippen LogP contribution in [0.5, 0.6) is 0 Å². The van der Waals surface area contributed by atoms with Crippen molar-refractivity contribution in [3.05, 3.63) is 59.7 Å². The van der Waals surface area contributed by atoms with Gasteiger partial charge < -0.3 is 19.9 Å². The monoisotopic (exact) mass is 532 g/mol. The SMILES string of the molecule is COC(F)(c1nc(-c2cc3c(cc2F)S(=O)(=O)C[C@H](N)C(=O)N3Cc2ccccc2)no1)C(F)(F)F. The van der Waals surface area contributed by atoms with Crippen molar-refractivity contribution >= 4 is 21.4 Å². The number of sulfone groups is 1. The lowest BCUT2D eigenvalue weighted by Crippen LogP contribution is -2.45. The number of fused-ring (bicyclic) bond motifs is 1. The molecule has 1 aliphatic heterocycles. The predicted molar refractivity (Wildman–Crippen MR) is 113 cm³/mol. The highest BCUT2D eigenvalue weighted by Crippen LogP contribution is 2.43. The van der Waals surface area contributed by atoms with E-state index in [0.29, 0.717) is 18.7 Å². The molecule has 1 aromatic heterocycles. The molecule has 9 nitrogen and oxygen atoms in total. The molecule has 4 rings (SSSR count). The first kappa shape index (κ1) is 25.7. The number of anilines is 1. The van der Waals surface area contributed by atoms with E-state index < -0.39 is 67.6 Å². The van der Waals surface area contributed by atoms with E-state index in [1.54, 1.807) is 30.3 Å². The number of hydrogen-bond acceptors (Lipinski definition) is 8. The van der Waals surface area contributed by atoms with E-state index in [9.17, 15) is 30.8 Å². The van der Waals surface area contributed by atoms with Crippen molar-refractivity contribution in [3.63, 3.8) is 0 Å². The molecule has 0 spiro atoms. The maximum Gasteiger partial charge on any atom is 0.458 e. The Bertz CT molecular complexity index is 1410. The van der Waals surface area contributed by atoms with Gasteiger partial charge in [-0.3, -0.25) is 4.79 Å². The van der Waals surface area contributed by atoms with Crippen molar-refractivity contribution in [3.8, 4) is 11.4 Å². The molecule has 1 amide bonds. The average molecular weight is 532 g/mol. The van der Waals surface area contributed by atoms with E-state index in [0.717, 1.165) is 11.0 Å². The Morgan fingerprint density at radius 1 is 1.19 bits per heavy atom. The van der Waals surface area contributed by atoms with E-state index in [1.807, 2.05) is 0 Å². The number of benzene rings is 2. The summed E-state index contributed by atoms with van der Waals surface area (Å²) in [7, 11) is -3.85. The summed E-state index contributed by atoms with van der Waals surface area (Å²) in [5, 5.41) is 3.20. The van der Waals surface area contributed by atoms with Crippen LogP contribution in [0.1, 0.15) is 11.5 Å². The molecule has 36 heavy (non-hydrogen) atoms. The largest absolute Gasteiger partial charge is 0.458 e. The predicted octanol–water partition coefficient (Wildman–Crippen LogP) is 2.85. The summed E-state index contributed by atoms with van der Waals surface area (Å²) in [6.07, 6.45) is -5.61. The number of rotatable bonds is 5. The quantitative estimate of drug-likeness (QED) is 0.497. The first-order chi connectivity index (χ1) is 16.8. The van der Waals surface area contributed by atoms with Crippen LogP contribution in [0.25, 0.3) is 11.4 Å². The highest BCUT2D eigenvalue weighted by Gasteiger charge is 2.63. The van der Waals surface area contributed by atoms with E-state index in [-0.39, 0.29) is 12.2 Å². The Labute approximate surface area is 200 Å². The van der Waals surface area contributed by atoms with Gasteiger partial charge in [-0.05, 0) is 17.7 Å². The smallest absolute Gasteiger partial charge is 0.335 e. The first-order valence-corrected chi connectivity index (χ1v) is 11.8. The summed E-state index contributed by atoms with van der Waals surface area (Å²) in [5.74, 6) is -9.86. The minimum atomic E-state index is -5.61. The summed E-state index contributed by atoms with van der Waals surface area (Å²) >= 11 is 0. The number of hydrogen-bond donors (Lipinski definition) is 1. The molecule has 1 aliphatic rings. The zero-order valence-corrected chi connectivity index (χ0v) is 19.1. The molecule has 2 N–H and O–H groups in total. The maximum absolute atomic E-state index is 15.0. The highest BCUT2D eigenvalue weighted by molar-refractivity contribution is 7.91. The third-order valence-corrected chi connectivity index (χ3v) is 7.22. The molecule has 192 valence electrons. The third-order valence-electron chi connectivity index (χ3n) is 5.43. The van der Waals surface area contributed by atoms with Crippen LogP contribution in [0.3, 0.4) is 0 Å². The molecule has 0 saturated carbocycles. The number of ether oxygens (including phenoxy) is 1. The topological polar surface area (TPSA) is 129 Å². The fraction of sp³-hybridized carbons (Fsp3) is 0.286. The van der Waals surface area contributed by atoms with Crippen LogP contribution in [0.4, 0.5) is 27.6 Å². The Morgan fingerprint density at radius 2 is 1.86 bits per heavy atom. The molecule has 15 heteroatoms. The number of carbonyl (C=O) groups is 1. The fourth-order valence-electron chi connectivity index (χ4n) is 3.61. The van der Waals surface area contributed by atoms with Crippen LogP contribution >= 0.6 is 0 Å². The molecule has 0 radical (unpaired) electrons. The summed E-state index contributed by atoms with van der Waals surface area (Å²) in [4.78, 5) is 16.7. The van der Waals surface area contributed by atoms with Crippen LogP contribution in [-0.4, -0.2) is 49.5 Å². The standard InChI is InChI=1S/C21H17F5N4O5S/c1-34-20(23,21(24,25)26)19-28-17(29-35-19)12-7-15-16(8-13(12)22)36(32,33)10-14(27)18(31)30(15)9-11-5-3-2-4-6-11/h2-8,14H,9-10,27H2,1H3/t14-,20?/m0/s1. The summed E-state index contributed by atoms with van der Waals surface area (Å²) in [6.45, 7) is -0.163. The second kappa shape index (κ2) is 8.90. The van der Waals surface area contributed by atoms with Crippen molar-refractivity contribution in [1.82, 2.24) is 10.1 Å². The lowest BCUT2D eigenvalue weighted by molar-refractivity contribution is -0.342. The molecular weight excluding hydrogens is 515 g/mol. The van der Waals surface area contributed by atoms with Gasteiger partial charge in [0.25, 0.3) is 0 Å². The minimum Gasteiger partial charge on any atom is -0.335 e. The summed E-state index contributed by atoms with van der Waals surface area (Å²) < 4.78 is 103. The van der Waals surface area contributed by atoms with Gasteiger partial charge in [-0.25, -0.2) is 12.8 Å². The zero-order valence-electron chi connectivity index (χ0n) is 18.3. The number of nitrogens with zero attached hydrogens (tertiary/aromatic N) is 3. The van der Waals surface area contributed by atoms with Crippen molar-refractivity contribution in [2.75, 3.05) is 17.8 Å². The average Bonchev–Trinajstić information content (AvgIpc) is 3.29. The minimum absolute atomic E-state index is 0.163. The molecule has 0 aliphatic carbocycles. The lowest BCUT2D eigenvalue weighted by Gasteiger charge is -2.24. The van der Waals surface area contributed by atoms with Gasteiger partial charge in [-0.15, -0.1) is 0 Å². The van der Waals surface area contributed by atoms with Gasteiger partial charge in [0, 0.05) is 7.11 Å². The molecule has 2 atom stereocenters. The van der Waals surface area contributed by atoms with Crippen molar-refractivity contribution in [2.45, 2.75) is 29.5 Å². The van der Waals surface area contributed by atoms with Gasteiger partial charge >= 0.3 is 17.9 Å². The number of halogens is 5. The van der Waals surface area contributed by atoms with Crippen molar-refractivity contribution in [1.29, 1.82) is 0 Å². The van der Waals surface area contributed by atoms with Gasteiger partial charge in [-0.2, -0.15) is 22.5 Å². The van der Waals surface area contributed by atoms with Crippen molar-refractivity contribution < 1.29 is 44.4 Å². The summed E-state index contributed by atoms with van der Waals surface area (Å²) in [6, 6.07) is 8.31. The molecule has 3 aromatic rings. The summed E-state index contributed by atoms with van der Waals surface area (Å²) in [5.41, 5.74) is 5.42. The van der Waals surface area contributed by atoms with Gasteiger partial charge in [0.15, 0.2) is 9.84 Å². The lowest BCUT2D eigenvalue weighted by atomic mass is 10.1. The number of alkyl halides is 4. The third kappa shape index (κ3) is 4.33. The van der Waals surface area contributed by atoms with E-state index in [4.69, 9.17) is 5.73 Å². The van der Waals surface area contributed by atoms with Crippen LogP contribution in [0.2, 0.25) is 0 Å². The molecule has 0 bridgehead atoms. The van der Waals surface area contributed by atoms with E-state index >= 15 is 4.39 Å². The normalized spacial score (nSPS) is 19.5. The van der Waals surface area contributed by atoms with Crippen LogP contribution < -0.4 is 10.6 Å². The molecular formula is C21H17F5N4O5S. The number of carbonyl (C=O) groups excluding carboxylic acids is 1. The Morgan fingerprint density at radius 3 is 2.47 bits per heavy atom. The van der Waals surface area contributed by atoms with Gasteiger partial charge in [-0.1, -0.05) is 35.5 Å². The maximum atomic E-state index is 15.0. The number of aromatic nitrogens is 2. The second-order valence-electron chi connectivity index (χ2n) is 7.82. The number of amides is 1. The fourth-order valence-corrected chi connectivity index (χ4v) is 5.17. The number of methoxy groups -OCH3 is 1. The van der Waals surface area contributed by atoms with Gasteiger partial charge in [0.2, 0.25) is 11.7 Å². The molecule has 1 unspecified atom stereocenters. The van der Waals surface area contributed by atoms with Gasteiger partial charge in [0.1, 0.15) is 5.82 Å². The van der Waals surface area contributed by atoms with E-state index in [2.05, 4.69) is 19.4 Å². The molecule has 2 heterocycles. The van der Waals surface area contributed by atoms with Gasteiger partial charge in [0.05, 0.1) is 34.5 Å². The molecule has 2 aromatic carbocycles. The van der Waals surface area contributed by atoms with Crippen LogP contribution in [0, 0.1) is 5.82 Å².